The zero-order valence-corrected chi connectivity index (χ0v) is 14.2. The third-order valence-electron chi connectivity index (χ3n) is 4.39. The first-order valence-electron chi connectivity index (χ1n) is 8.08. The summed E-state index contributed by atoms with van der Waals surface area (Å²) in [5.74, 6) is 1.91. The maximum atomic E-state index is 4.82. The minimum absolute atomic E-state index is 0.759. The van der Waals surface area contributed by atoms with E-state index in [2.05, 4.69) is 56.0 Å². The van der Waals surface area contributed by atoms with E-state index < -0.39 is 0 Å². The standard InChI is InChI=1S/C17H30N4/c1-6-18-10-16-13(2)9-14(3)19-17(16)21(5)12-15-7-8-20(4)11-15/h9,15,18H,6-8,10-12H2,1-5H3. The Balaban J connectivity index is 2.15. The average Bonchev–Trinajstić information content (AvgIpc) is 2.82. The lowest BCUT2D eigenvalue weighted by atomic mass is 10.1. The van der Waals surface area contributed by atoms with Crippen molar-refractivity contribution in [3.8, 4) is 0 Å². The van der Waals surface area contributed by atoms with Crippen LogP contribution in [0, 0.1) is 19.8 Å². The van der Waals surface area contributed by atoms with E-state index in [0.717, 1.165) is 37.1 Å². The highest BCUT2D eigenvalue weighted by Gasteiger charge is 2.22. The molecule has 0 aromatic carbocycles. The van der Waals surface area contributed by atoms with Gasteiger partial charge in [0.2, 0.25) is 0 Å². The summed E-state index contributed by atoms with van der Waals surface area (Å²) < 4.78 is 0. The number of nitrogens with zero attached hydrogens (tertiary/aromatic N) is 3. The van der Waals surface area contributed by atoms with Gasteiger partial charge < -0.3 is 15.1 Å². The van der Waals surface area contributed by atoms with Gasteiger partial charge in [-0.25, -0.2) is 4.98 Å². The smallest absolute Gasteiger partial charge is 0.133 e. The van der Waals surface area contributed by atoms with E-state index in [0.29, 0.717) is 0 Å². The van der Waals surface area contributed by atoms with Gasteiger partial charge in [-0.05, 0) is 58.0 Å². The zero-order valence-electron chi connectivity index (χ0n) is 14.2. The molecule has 1 atom stereocenters. The van der Waals surface area contributed by atoms with Gasteiger partial charge in [0.05, 0.1) is 0 Å². The molecule has 2 rings (SSSR count). The fourth-order valence-electron chi connectivity index (χ4n) is 3.28. The van der Waals surface area contributed by atoms with Crippen LogP contribution in [0.5, 0.6) is 0 Å². The van der Waals surface area contributed by atoms with Gasteiger partial charge in [0.25, 0.3) is 0 Å². The summed E-state index contributed by atoms with van der Waals surface area (Å²) in [5, 5.41) is 3.45. The Morgan fingerprint density at radius 1 is 1.43 bits per heavy atom. The molecule has 0 aliphatic carbocycles. The normalized spacial score (nSPS) is 19.2. The number of pyridine rings is 1. The minimum atomic E-state index is 0.759. The molecule has 1 aliphatic heterocycles. The topological polar surface area (TPSA) is 31.4 Å². The number of aryl methyl sites for hydroxylation is 2. The molecule has 1 aliphatic rings. The van der Waals surface area contributed by atoms with Crippen LogP contribution in [0.3, 0.4) is 0 Å². The van der Waals surface area contributed by atoms with Gasteiger partial charge in [-0.1, -0.05) is 6.92 Å². The molecule has 1 unspecified atom stereocenters. The van der Waals surface area contributed by atoms with Gasteiger partial charge >= 0.3 is 0 Å². The van der Waals surface area contributed by atoms with Crippen molar-refractivity contribution in [2.24, 2.45) is 5.92 Å². The van der Waals surface area contributed by atoms with Gasteiger partial charge in [0, 0.05) is 37.9 Å². The van der Waals surface area contributed by atoms with E-state index >= 15 is 0 Å². The second-order valence-corrected chi connectivity index (χ2v) is 6.46. The fraction of sp³-hybridized carbons (Fsp3) is 0.706. The Morgan fingerprint density at radius 2 is 2.19 bits per heavy atom. The molecule has 2 heterocycles. The van der Waals surface area contributed by atoms with Crippen LogP contribution in [0.15, 0.2) is 6.07 Å². The first-order chi connectivity index (χ1) is 10.0. The lowest BCUT2D eigenvalue weighted by molar-refractivity contribution is 0.395. The molecule has 1 fully saturated rings. The molecular formula is C17H30N4. The van der Waals surface area contributed by atoms with E-state index in [4.69, 9.17) is 4.98 Å². The van der Waals surface area contributed by atoms with Crippen LogP contribution < -0.4 is 10.2 Å². The molecule has 0 spiro atoms. The Kier molecular flexibility index (Phi) is 5.59. The molecule has 1 N–H and O–H groups in total. The number of aromatic nitrogens is 1. The highest BCUT2D eigenvalue weighted by atomic mass is 15.2. The van der Waals surface area contributed by atoms with E-state index in [1.807, 2.05) is 0 Å². The molecule has 4 heteroatoms. The summed E-state index contributed by atoms with van der Waals surface area (Å²) >= 11 is 0. The van der Waals surface area contributed by atoms with Crippen molar-refractivity contribution in [2.45, 2.75) is 33.7 Å². The summed E-state index contributed by atoms with van der Waals surface area (Å²) in [5.41, 5.74) is 3.79. The summed E-state index contributed by atoms with van der Waals surface area (Å²) in [6.07, 6.45) is 1.30. The second kappa shape index (κ2) is 7.23. The lowest BCUT2D eigenvalue weighted by Crippen LogP contribution is -2.30. The summed E-state index contributed by atoms with van der Waals surface area (Å²) in [4.78, 5) is 9.60. The molecule has 118 valence electrons. The number of likely N-dealkylation sites (tertiary alicyclic amines) is 1. The minimum Gasteiger partial charge on any atom is -0.359 e. The Bertz CT molecular complexity index is 472. The van der Waals surface area contributed by atoms with Crippen molar-refractivity contribution >= 4 is 5.82 Å². The molecule has 1 aromatic rings. The second-order valence-electron chi connectivity index (χ2n) is 6.46. The van der Waals surface area contributed by atoms with E-state index in [1.54, 1.807) is 0 Å². The van der Waals surface area contributed by atoms with Crippen molar-refractivity contribution in [2.75, 3.05) is 45.2 Å². The third kappa shape index (κ3) is 4.17. The monoisotopic (exact) mass is 290 g/mol. The molecule has 1 saturated heterocycles. The van der Waals surface area contributed by atoms with Gasteiger partial charge in [-0.3, -0.25) is 0 Å². The molecule has 1 aromatic heterocycles. The first-order valence-corrected chi connectivity index (χ1v) is 8.08. The maximum Gasteiger partial charge on any atom is 0.133 e. The van der Waals surface area contributed by atoms with Crippen LogP contribution >= 0.6 is 0 Å². The van der Waals surface area contributed by atoms with Crippen LogP contribution in [0.2, 0.25) is 0 Å². The summed E-state index contributed by atoms with van der Waals surface area (Å²) in [7, 11) is 4.40. The van der Waals surface area contributed by atoms with Gasteiger partial charge in [0.1, 0.15) is 5.82 Å². The van der Waals surface area contributed by atoms with Gasteiger partial charge in [0.15, 0.2) is 0 Å². The van der Waals surface area contributed by atoms with E-state index in [-0.39, 0.29) is 0 Å². The number of nitrogens with one attached hydrogen (secondary N) is 1. The number of rotatable bonds is 6. The van der Waals surface area contributed by atoms with Crippen LogP contribution in [-0.4, -0.2) is 50.2 Å². The van der Waals surface area contributed by atoms with Crippen molar-refractivity contribution in [3.63, 3.8) is 0 Å². The summed E-state index contributed by atoms with van der Waals surface area (Å²) in [6, 6.07) is 2.19. The predicted molar refractivity (Wildman–Crippen MR) is 90.0 cm³/mol. The molecule has 4 nitrogen and oxygen atoms in total. The molecule has 0 radical (unpaired) electrons. The lowest BCUT2D eigenvalue weighted by Gasteiger charge is -2.26. The predicted octanol–water partition coefficient (Wildman–Crippen LogP) is 2.20. The highest BCUT2D eigenvalue weighted by molar-refractivity contribution is 5.51. The largest absolute Gasteiger partial charge is 0.359 e. The van der Waals surface area contributed by atoms with Crippen molar-refractivity contribution in [1.82, 2.24) is 15.2 Å². The third-order valence-corrected chi connectivity index (χ3v) is 4.39. The molecule has 0 amide bonds. The highest BCUT2D eigenvalue weighted by Crippen LogP contribution is 2.24. The number of hydrogen-bond acceptors (Lipinski definition) is 4. The van der Waals surface area contributed by atoms with Crippen LogP contribution in [0.1, 0.15) is 30.2 Å². The molecule has 0 saturated carbocycles. The van der Waals surface area contributed by atoms with Crippen molar-refractivity contribution < 1.29 is 0 Å². The van der Waals surface area contributed by atoms with Crippen LogP contribution in [0.4, 0.5) is 5.82 Å². The Morgan fingerprint density at radius 3 is 2.81 bits per heavy atom. The molecule has 0 bridgehead atoms. The van der Waals surface area contributed by atoms with Gasteiger partial charge in [-0.15, -0.1) is 0 Å². The molecule has 21 heavy (non-hydrogen) atoms. The summed E-state index contributed by atoms with van der Waals surface area (Å²) in [6.45, 7) is 11.9. The molecular weight excluding hydrogens is 260 g/mol. The van der Waals surface area contributed by atoms with Crippen molar-refractivity contribution in [3.05, 3.63) is 22.9 Å². The maximum absolute atomic E-state index is 4.82. The van der Waals surface area contributed by atoms with E-state index in [1.165, 1.54) is 30.6 Å². The Hall–Kier alpha value is -1.13. The fourth-order valence-corrected chi connectivity index (χ4v) is 3.28. The van der Waals surface area contributed by atoms with Crippen LogP contribution in [-0.2, 0) is 6.54 Å². The first kappa shape index (κ1) is 16.2. The van der Waals surface area contributed by atoms with Crippen LogP contribution in [0.25, 0.3) is 0 Å². The number of hydrogen-bond donors (Lipinski definition) is 1. The SMILES string of the molecule is CCNCc1c(C)cc(C)nc1N(C)CC1CCN(C)C1. The zero-order chi connectivity index (χ0) is 15.4. The van der Waals surface area contributed by atoms with Gasteiger partial charge in [-0.2, -0.15) is 0 Å². The van der Waals surface area contributed by atoms with Crippen molar-refractivity contribution in [1.29, 1.82) is 0 Å². The van der Waals surface area contributed by atoms with E-state index in [9.17, 15) is 0 Å². The average molecular weight is 290 g/mol. The Labute approximate surface area is 129 Å². The quantitative estimate of drug-likeness (QED) is 0.870. The number of anilines is 1.